The molecule has 2 heterocycles. The lowest BCUT2D eigenvalue weighted by molar-refractivity contribution is 0.419. The molecule has 0 spiro atoms. The fraction of sp³-hybridized carbons (Fsp3) is 0.462. The minimum Gasteiger partial charge on any atom is -0.333 e. The Morgan fingerprint density at radius 1 is 1.42 bits per heavy atom. The molecule has 0 saturated carbocycles. The molecule has 0 aliphatic heterocycles. The van der Waals surface area contributed by atoms with E-state index in [1.807, 2.05) is 33.8 Å². The zero-order chi connectivity index (χ0) is 14.0. The van der Waals surface area contributed by atoms with Gasteiger partial charge in [0.05, 0.1) is 6.54 Å². The van der Waals surface area contributed by atoms with E-state index in [2.05, 4.69) is 20.4 Å². The smallest absolute Gasteiger partial charge is 0.321 e. The maximum absolute atomic E-state index is 11.8. The van der Waals surface area contributed by atoms with E-state index < -0.39 is 0 Å². The second-order valence-electron chi connectivity index (χ2n) is 4.91. The normalized spacial score (nSPS) is 11.0. The molecule has 0 amide bonds. The molecule has 0 radical (unpaired) electrons. The molecule has 0 unspecified atom stereocenters. The number of H-pyrrole nitrogens is 1. The van der Waals surface area contributed by atoms with Crippen molar-refractivity contribution in [2.45, 2.75) is 40.2 Å². The van der Waals surface area contributed by atoms with Crippen LogP contribution in [0.3, 0.4) is 0 Å². The minimum absolute atomic E-state index is 0.0893. The van der Waals surface area contributed by atoms with E-state index in [-0.39, 0.29) is 11.5 Å². The van der Waals surface area contributed by atoms with E-state index in [4.69, 9.17) is 4.52 Å². The molecule has 0 saturated heterocycles. The maximum atomic E-state index is 11.8. The third-order valence-corrected chi connectivity index (χ3v) is 2.87. The molecule has 2 N–H and O–H groups in total. The topological polar surface area (TPSA) is 83.8 Å². The second-order valence-corrected chi connectivity index (χ2v) is 4.91. The van der Waals surface area contributed by atoms with Crippen molar-refractivity contribution in [2.24, 2.45) is 0 Å². The fourth-order valence-electron chi connectivity index (χ4n) is 1.81. The fourth-order valence-corrected chi connectivity index (χ4v) is 1.81. The van der Waals surface area contributed by atoms with Crippen LogP contribution in [0.2, 0.25) is 0 Å². The van der Waals surface area contributed by atoms with Gasteiger partial charge < -0.3 is 14.8 Å². The summed E-state index contributed by atoms with van der Waals surface area (Å²) in [7, 11) is 0. The van der Waals surface area contributed by atoms with Crippen molar-refractivity contribution in [1.29, 1.82) is 0 Å². The lowest BCUT2D eigenvalue weighted by Gasteiger charge is -2.05. The lowest BCUT2D eigenvalue weighted by atomic mass is 10.1. The van der Waals surface area contributed by atoms with Crippen LogP contribution in [0.1, 0.15) is 42.4 Å². The van der Waals surface area contributed by atoms with Crippen molar-refractivity contribution in [2.75, 3.05) is 5.32 Å². The number of anilines is 1. The Hall–Kier alpha value is -2.11. The van der Waals surface area contributed by atoms with Crippen LogP contribution in [0.15, 0.2) is 15.4 Å². The highest BCUT2D eigenvalue weighted by Crippen LogP contribution is 2.13. The van der Waals surface area contributed by atoms with Crippen molar-refractivity contribution in [3.05, 3.63) is 39.1 Å². The molecule has 6 heteroatoms. The molecule has 2 rings (SSSR count). The summed E-state index contributed by atoms with van der Waals surface area (Å²) in [6.07, 6.45) is 0. The van der Waals surface area contributed by atoms with Crippen LogP contribution in [0.25, 0.3) is 0 Å². The molecule has 0 fully saturated rings. The highest BCUT2D eigenvalue weighted by atomic mass is 16.5. The van der Waals surface area contributed by atoms with Gasteiger partial charge in [-0.25, -0.2) is 0 Å². The first kappa shape index (κ1) is 13.3. The summed E-state index contributed by atoms with van der Waals surface area (Å²) in [6.45, 7) is 8.11. The highest BCUT2D eigenvalue weighted by molar-refractivity contribution is 5.29. The molecule has 0 aromatic carbocycles. The average Bonchev–Trinajstić information content (AvgIpc) is 2.76. The van der Waals surface area contributed by atoms with Gasteiger partial charge in [-0.05, 0) is 25.5 Å². The number of hydrogen-bond donors (Lipinski definition) is 2. The van der Waals surface area contributed by atoms with Gasteiger partial charge in [0.25, 0.3) is 5.56 Å². The zero-order valence-electron chi connectivity index (χ0n) is 11.6. The minimum atomic E-state index is -0.0893. The van der Waals surface area contributed by atoms with E-state index in [1.54, 1.807) is 0 Å². The first-order valence-corrected chi connectivity index (χ1v) is 6.24. The number of aromatic nitrogens is 3. The largest absolute Gasteiger partial charge is 0.333 e. The number of pyridine rings is 1. The van der Waals surface area contributed by atoms with Crippen LogP contribution in [-0.2, 0) is 6.54 Å². The Kier molecular flexibility index (Phi) is 3.69. The van der Waals surface area contributed by atoms with Crippen molar-refractivity contribution in [3.8, 4) is 0 Å². The molecule has 0 bridgehead atoms. The molecule has 102 valence electrons. The SMILES string of the molecule is Cc1cc(C)c(CNc2nc(C(C)C)no2)c(=O)[nH]1. The predicted octanol–water partition coefficient (Wildman–Crippen LogP) is 2.11. The first-order valence-electron chi connectivity index (χ1n) is 6.24. The van der Waals surface area contributed by atoms with Gasteiger partial charge in [0, 0.05) is 17.2 Å². The number of rotatable bonds is 4. The van der Waals surface area contributed by atoms with Gasteiger partial charge in [0.15, 0.2) is 5.82 Å². The quantitative estimate of drug-likeness (QED) is 0.881. The number of nitrogens with zero attached hydrogens (tertiary/aromatic N) is 2. The number of nitrogens with one attached hydrogen (secondary N) is 2. The maximum Gasteiger partial charge on any atom is 0.321 e. The van der Waals surface area contributed by atoms with E-state index >= 15 is 0 Å². The van der Waals surface area contributed by atoms with Crippen LogP contribution < -0.4 is 10.9 Å². The number of hydrogen-bond acceptors (Lipinski definition) is 5. The van der Waals surface area contributed by atoms with Gasteiger partial charge in [-0.15, -0.1) is 0 Å². The van der Waals surface area contributed by atoms with Crippen molar-refractivity contribution >= 4 is 6.01 Å². The van der Waals surface area contributed by atoms with Gasteiger partial charge >= 0.3 is 6.01 Å². The van der Waals surface area contributed by atoms with Crippen LogP contribution in [0.4, 0.5) is 6.01 Å². The molecule has 2 aromatic rings. The molecule has 6 nitrogen and oxygen atoms in total. The number of aromatic amines is 1. The van der Waals surface area contributed by atoms with Crippen molar-refractivity contribution in [1.82, 2.24) is 15.1 Å². The predicted molar refractivity (Wildman–Crippen MR) is 72.3 cm³/mol. The molecular weight excluding hydrogens is 244 g/mol. The summed E-state index contributed by atoms with van der Waals surface area (Å²) in [5, 5.41) is 6.83. The molecule has 0 atom stereocenters. The summed E-state index contributed by atoms with van der Waals surface area (Å²) >= 11 is 0. The van der Waals surface area contributed by atoms with Gasteiger partial charge in [-0.1, -0.05) is 19.0 Å². The summed E-state index contributed by atoms with van der Waals surface area (Å²) in [4.78, 5) is 18.8. The van der Waals surface area contributed by atoms with Crippen LogP contribution in [-0.4, -0.2) is 15.1 Å². The molecule has 2 aromatic heterocycles. The average molecular weight is 262 g/mol. The Balaban J connectivity index is 2.12. The van der Waals surface area contributed by atoms with Crippen LogP contribution in [0, 0.1) is 13.8 Å². The molecule has 0 aliphatic carbocycles. The van der Waals surface area contributed by atoms with E-state index in [0.29, 0.717) is 23.9 Å². The zero-order valence-corrected chi connectivity index (χ0v) is 11.6. The second kappa shape index (κ2) is 5.26. The Morgan fingerprint density at radius 3 is 2.74 bits per heavy atom. The van der Waals surface area contributed by atoms with E-state index in [9.17, 15) is 4.79 Å². The van der Waals surface area contributed by atoms with Crippen LogP contribution in [0.5, 0.6) is 0 Å². The molecule has 19 heavy (non-hydrogen) atoms. The van der Waals surface area contributed by atoms with Crippen molar-refractivity contribution < 1.29 is 4.52 Å². The molecular formula is C13H18N4O2. The van der Waals surface area contributed by atoms with Gasteiger partial charge in [0.1, 0.15) is 0 Å². The third-order valence-electron chi connectivity index (χ3n) is 2.87. The third kappa shape index (κ3) is 3.01. The summed E-state index contributed by atoms with van der Waals surface area (Å²) in [5.41, 5.74) is 2.38. The summed E-state index contributed by atoms with van der Waals surface area (Å²) < 4.78 is 5.07. The standard InChI is InChI=1S/C13H18N4O2/c1-7(2)11-16-13(19-17-11)14-6-10-8(3)5-9(4)15-12(10)18/h5,7H,6H2,1-4H3,(H,15,18)(H,14,16,17). The van der Waals surface area contributed by atoms with Gasteiger partial charge in [-0.3, -0.25) is 4.79 Å². The van der Waals surface area contributed by atoms with Gasteiger partial charge in [0.2, 0.25) is 0 Å². The lowest BCUT2D eigenvalue weighted by Crippen LogP contribution is -2.18. The Bertz CT molecular complexity index is 628. The molecule has 0 aliphatic rings. The van der Waals surface area contributed by atoms with E-state index in [1.165, 1.54) is 0 Å². The number of aryl methyl sites for hydroxylation is 2. The Labute approximate surface area is 111 Å². The Morgan fingerprint density at radius 2 is 2.16 bits per heavy atom. The summed E-state index contributed by atoms with van der Waals surface area (Å²) in [6, 6.07) is 2.27. The van der Waals surface area contributed by atoms with Crippen molar-refractivity contribution in [3.63, 3.8) is 0 Å². The monoisotopic (exact) mass is 262 g/mol. The highest BCUT2D eigenvalue weighted by Gasteiger charge is 2.10. The van der Waals surface area contributed by atoms with E-state index in [0.717, 1.165) is 11.3 Å². The first-order chi connectivity index (χ1) is 8.97. The summed E-state index contributed by atoms with van der Waals surface area (Å²) in [5.74, 6) is 0.862. The van der Waals surface area contributed by atoms with Crippen LogP contribution >= 0.6 is 0 Å². The van der Waals surface area contributed by atoms with Gasteiger partial charge in [-0.2, -0.15) is 4.98 Å².